The molecule has 2 saturated heterocycles. The predicted molar refractivity (Wildman–Crippen MR) is 98.1 cm³/mol. The summed E-state index contributed by atoms with van der Waals surface area (Å²) in [5, 5.41) is 14.9. The van der Waals surface area contributed by atoms with E-state index in [1.165, 1.54) is 38.4 Å². The van der Waals surface area contributed by atoms with Crippen LogP contribution >= 0.6 is 0 Å². The highest BCUT2D eigenvalue weighted by Gasteiger charge is 2.27. The van der Waals surface area contributed by atoms with Gasteiger partial charge in [-0.25, -0.2) is 9.97 Å². The molecule has 25 heavy (non-hydrogen) atoms. The van der Waals surface area contributed by atoms with Crippen molar-refractivity contribution in [1.82, 2.24) is 14.9 Å². The molecule has 0 spiro atoms. The number of anilines is 2. The summed E-state index contributed by atoms with van der Waals surface area (Å²) in [6.07, 6.45) is 9.70. The van der Waals surface area contributed by atoms with Crippen LogP contribution in [-0.4, -0.2) is 59.1 Å². The topological polar surface area (TPSA) is 87.4 Å². The summed E-state index contributed by atoms with van der Waals surface area (Å²) in [6.45, 7) is 5.44. The van der Waals surface area contributed by atoms with Crippen molar-refractivity contribution in [3.05, 3.63) is 16.4 Å². The molecule has 8 nitrogen and oxygen atoms in total. The Labute approximate surface area is 148 Å². The van der Waals surface area contributed by atoms with Gasteiger partial charge >= 0.3 is 5.69 Å². The van der Waals surface area contributed by atoms with E-state index in [2.05, 4.69) is 20.2 Å². The van der Waals surface area contributed by atoms with E-state index in [9.17, 15) is 10.1 Å². The predicted octanol–water partition coefficient (Wildman–Crippen LogP) is 2.66. The van der Waals surface area contributed by atoms with Crippen LogP contribution < -0.4 is 10.2 Å². The third-order valence-corrected chi connectivity index (χ3v) is 5.06. The molecule has 1 aromatic rings. The average molecular weight is 348 g/mol. The number of nitrogens with zero attached hydrogens (tertiary/aromatic N) is 5. The molecular weight excluding hydrogens is 320 g/mol. The zero-order chi connectivity index (χ0) is 17.5. The third-order valence-electron chi connectivity index (χ3n) is 5.06. The standard InChI is InChI=1S/C17H28N6O2/c24-23(25)15-16(18-8-13-21-9-4-3-5-10-21)19-14-20-17(15)22-11-6-1-2-7-12-22/h14H,1-13H2,(H,18,19,20). The molecule has 0 saturated carbocycles. The van der Waals surface area contributed by atoms with Crippen LogP contribution in [0.2, 0.25) is 0 Å². The van der Waals surface area contributed by atoms with E-state index in [1.807, 2.05) is 4.90 Å². The second-order valence-corrected chi connectivity index (χ2v) is 6.88. The normalized spacial score (nSPS) is 19.4. The van der Waals surface area contributed by atoms with E-state index in [-0.39, 0.29) is 10.6 Å². The van der Waals surface area contributed by atoms with Gasteiger partial charge in [0.15, 0.2) is 0 Å². The number of rotatable bonds is 6. The lowest BCUT2D eigenvalue weighted by Gasteiger charge is -2.26. The van der Waals surface area contributed by atoms with E-state index in [0.717, 1.165) is 45.6 Å². The minimum absolute atomic E-state index is 0.0167. The van der Waals surface area contributed by atoms with Crippen LogP contribution in [0, 0.1) is 10.1 Å². The first-order chi connectivity index (χ1) is 12.3. The van der Waals surface area contributed by atoms with E-state index >= 15 is 0 Å². The van der Waals surface area contributed by atoms with E-state index in [1.54, 1.807) is 0 Å². The number of hydrogen-bond acceptors (Lipinski definition) is 7. The van der Waals surface area contributed by atoms with Gasteiger partial charge in [0.2, 0.25) is 11.6 Å². The van der Waals surface area contributed by atoms with Gasteiger partial charge in [0, 0.05) is 26.2 Å². The Hall–Kier alpha value is -1.96. The first kappa shape index (κ1) is 17.8. The van der Waals surface area contributed by atoms with Gasteiger partial charge in [0.05, 0.1) is 4.92 Å². The Morgan fingerprint density at radius 1 is 1.00 bits per heavy atom. The minimum atomic E-state index is -0.344. The van der Waals surface area contributed by atoms with Crippen LogP contribution in [-0.2, 0) is 0 Å². The Morgan fingerprint density at radius 2 is 1.64 bits per heavy atom. The number of nitro groups is 1. The van der Waals surface area contributed by atoms with Gasteiger partial charge in [0.1, 0.15) is 6.33 Å². The van der Waals surface area contributed by atoms with Gasteiger partial charge < -0.3 is 15.1 Å². The first-order valence-corrected chi connectivity index (χ1v) is 9.46. The van der Waals surface area contributed by atoms with Gasteiger partial charge in [-0.3, -0.25) is 10.1 Å². The molecule has 0 atom stereocenters. The molecule has 2 fully saturated rings. The van der Waals surface area contributed by atoms with Crippen LogP contribution in [0.5, 0.6) is 0 Å². The second kappa shape index (κ2) is 8.94. The van der Waals surface area contributed by atoms with Gasteiger partial charge in [-0.1, -0.05) is 19.3 Å². The van der Waals surface area contributed by atoms with Crippen molar-refractivity contribution in [2.75, 3.05) is 49.5 Å². The summed E-state index contributed by atoms with van der Waals surface area (Å²) < 4.78 is 0. The van der Waals surface area contributed by atoms with Crippen molar-refractivity contribution in [3.8, 4) is 0 Å². The average Bonchev–Trinajstić information content (AvgIpc) is 2.91. The van der Waals surface area contributed by atoms with Crippen LogP contribution in [0.15, 0.2) is 6.33 Å². The smallest absolute Gasteiger partial charge is 0.353 e. The zero-order valence-electron chi connectivity index (χ0n) is 14.8. The molecule has 0 aromatic carbocycles. The van der Waals surface area contributed by atoms with Crippen LogP contribution in [0.3, 0.4) is 0 Å². The Balaban J connectivity index is 1.69. The number of piperidine rings is 1. The molecule has 3 rings (SSSR count). The summed E-state index contributed by atoms with van der Waals surface area (Å²) in [5.41, 5.74) is 0.0167. The first-order valence-electron chi connectivity index (χ1n) is 9.46. The summed E-state index contributed by atoms with van der Waals surface area (Å²) in [6, 6.07) is 0. The fourth-order valence-electron chi connectivity index (χ4n) is 3.70. The molecule has 1 aromatic heterocycles. The molecule has 3 heterocycles. The number of likely N-dealkylation sites (tertiary alicyclic amines) is 1. The Morgan fingerprint density at radius 3 is 2.32 bits per heavy atom. The van der Waals surface area contributed by atoms with Crippen molar-refractivity contribution in [3.63, 3.8) is 0 Å². The number of aromatic nitrogens is 2. The SMILES string of the molecule is O=[N+]([O-])c1c(NCCN2CCCCC2)ncnc1N1CCCCCC1. The van der Waals surface area contributed by atoms with Crippen molar-refractivity contribution < 1.29 is 4.92 Å². The van der Waals surface area contributed by atoms with Gasteiger partial charge in [-0.15, -0.1) is 0 Å². The third kappa shape index (κ3) is 4.78. The zero-order valence-corrected chi connectivity index (χ0v) is 14.8. The Kier molecular flexibility index (Phi) is 6.38. The van der Waals surface area contributed by atoms with E-state index in [0.29, 0.717) is 18.2 Å². The fourth-order valence-corrected chi connectivity index (χ4v) is 3.70. The lowest BCUT2D eigenvalue weighted by atomic mass is 10.1. The summed E-state index contributed by atoms with van der Waals surface area (Å²) in [5.74, 6) is 0.804. The van der Waals surface area contributed by atoms with Crippen LogP contribution in [0.25, 0.3) is 0 Å². The summed E-state index contributed by atoms with van der Waals surface area (Å²) in [4.78, 5) is 24.2. The highest BCUT2D eigenvalue weighted by molar-refractivity contribution is 5.70. The highest BCUT2D eigenvalue weighted by Crippen LogP contribution is 2.32. The highest BCUT2D eigenvalue weighted by atomic mass is 16.6. The molecule has 2 aliphatic heterocycles. The maximum Gasteiger partial charge on any atom is 0.353 e. The quantitative estimate of drug-likeness (QED) is 0.624. The number of hydrogen-bond donors (Lipinski definition) is 1. The fraction of sp³-hybridized carbons (Fsp3) is 0.765. The largest absolute Gasteiger partial charge is 0.363 e. The van der Waals surface area contributed by atoms with Crippen molar-refractivity contribution in [2.45, 2.75) is 44.9 Å². The summed E-state index contributed by atoms with van der Waals surface area (Å²) in [7, 11) is 0. The molecule has 2 aliphatic rings. The summed E-state index contributed by atoms with van der Waals surface area (Å²) >= 11 is 0. The monoisotopic (exact) mass is 348 g/mol. The molecular formula is C17H28N6O2. The maximum absolute atomic E-state index is 11.7. The molecule has 0 radical (unpaired) electrons. The Bertz CT molecular complexity index is 568. The van der Waals surface area contributed by atoms with Crippen molar-refractivity contribution >= 4 is 17.3 Å². The maximum atomic E-state index is 11.7. The lowest BCUT2D eigenvalue weighted by Crippen LogP contribution is -2.34. The van der Waals surface area contributed by atoms with Crippen LogP contribution in [0.4, 0.5) is 17.3 Å². The van der Waals surface area contributed by atoms with Gasteiger partial charge in [-0.2, -0.15) is 0 Å². The van der Waals surface area contributed by atoms with E-state index in [4.69, 9.17) is 0 Å². The molecule has 138 valence electrons. The molecule has 1 N–H and O–H groups in total. The second-order valence-electron chi connectivity index (χ2n) is 6.88. The van der Waals surface area contributed by atoms with Crippen molar-refractivity contribution in [2.24, 2.45) is 0 Å². The van der Waals surface area contributed by atoms with Gasteiger partial charge in [0.25, 0.3) is 0 Å². The lowest BCUT2D eigenvalue weighted by molar-refractivity contribution is -0.383. The molecule has 0 amide bonds. The minimum Gasteiger partial charge on any atom is -0.363 e. The molecule has 0 aliphatic carbocycles. The van der Waals surface area contributed by atoms with Gasteiger partial charge in [-0.05, 0) is 38.8 Å². The van der Waals surface area contributed by atoms with Crippen LogP contribution in [0.1, 0.15) is 44.9 Å². The number of nitrogens with one attached hydrogen (secondary N) is 1. The van der Waals surface area contributed by atoms with Crippen molar-refractivity contribution in [1.29, 1.82) is 0 Å². The molecule has 0 unspecified atom stereocenters. The molecule has 0 bridgehead atoms. The molecule has 8 heteroatoms. The van der Waals surface area contributed by atoms with E-state index < -0.39 is 0 Å².